The molecule has 4 unspecified atom stereocenters. The van der Waals surface area contributed by atoms with Crippen molar-refractivity contribution in [2.24, 2.45) is 10.9 Å². The fourth-order valence-corrected chi connectivity index (χ4v) is 14.2. The van der Waals surface area contributed by atoms with Crippen LogP contribution in [-0.4, -0.2) is 10.4 Å². The first-order valence-electron chi connectivity index (χ1n) is 22.1. The zero-order chi connectivity index (χ0) is 40.1. The quantitative estimate of drug-likeness (QED) is 0.166. The van der Waals surface area contributed by atoms with E-state index in [0.717, 1.165) is 19.3 Å². The van der Waals surface area contributed by atoms with E-state index in [-0.39, 0.29) is 17.3 Å². The molecule has 0 radical (unpaired) electrons. The highest BCUT2D eigenvalue weighted by Crippen LogP contribution is 2.65. The summed E-state index contributed by atoms with van der Waals surface area (Å²) in [6.07, 6.45) is 3.15. The van der Waals surface area contributed by atoms with Crippen molar-refractivity contribution in [1.29, 1.82) is 0 Å². The molecule has 2 aromatic heterocycles. The molecule has 10 aromatic rings. The zero-order valence-electron chi connectivity index (χ0n) is 34.2. The molecule has 0 amide bonds. The van der Waals surface area contributed by atoms with E-state index in [9.17, 15) is 0 Å². The van der Waals surface area contributed by atoms with Crippen molar-refractivity contribution in [3.63, 3.8) is 0 Å². The van der Waals surface area contributed by atoms with Crippen LogP contribution >= 0.6 is 11.3 Å². The highest BCUT2D eigenvalue weighted by atomic mass is 32.1. The van der Waals surface area contributed by atoms with Gasteiger partial charge in [0.05, 0.1) is 16.7 Å². The molecule has 3 heterocycles. The predicted octanol–water partition coefficient (Wildman–Crippen LogP) is 15.6. The Hall–Kier alpha value is -6.55. The lowest BCUT2D eigenvalue weighted by molar-refractivity contribution is 0.417. The third-order valence-electron chi connectivity index (χ3n) is 15.3. The average Bonchev–Trinajstić information content (AvgIpc) is 3.97. The number of benzene rings is 8. The van der Waals surface area contributed by atoms with Crippen LogP contribution in [0.2, 0.25) is 0 Å². The topological polar surface area (TPSA) is 17.3 Å². The van der Waals surface area contributed by atoms with Crippen LogP contribution < -0.4 is 0 Å². The molecule has 0 saturated carbocycles. The van der Waals surface area contributed by atoms with Crippen molar-refractivity contribution in [3.8, 4) is 33.4 Å². The Morgan fingerprint density at radius 1 is 0.639 bits per heavy atom. The minimum atomic E-state index is -0.244. The monoisotopic (exact) mass is 798 g/mol. The summed E-state index contributed by atoms with van der Waals surface area (Å²) in [5.41, 5.74) is 19.0. The van der Waals surface area contributed by atoms with E-state index in [1.807, 2.05) is 11.3 Å². The van der Waals surface area contributed by atoms with Crippen LogP contribution in [0.25, 0.3) is 76.0 Å². The Balaban J connectivity index is 1.10. The van der Waals surface area contributed by atoms with Gasteiger partial charge in [-0.15, -0.1) is 11.3 Å². The molecule has 14 rings (SSSR count). The molecule has 290 valence electrons. The van der Waals surface area contributed by atoms with Gasteiger partial charge in [-0.05, 0) is 122 Å². The lowest BCUT2D eigenvalue weighted by Crippen LogP contribution is -2.33. The van der Waals surface area contributed by atoms with E-state index in [0.29, 0.717) is 5.92 Å². The second kappa shape index (κ2) is 12.3. The number of aliphatic imine (C=N–C) groups is 1. The number of hydrogen-bond donors (Lipinski definition) is 0. The van der Waals surface area contributed by atoms with Crippen LogP contribution in [0.15, 0.2) is 169 Å². The molecule has 0 fully saturated rings. The average molecular weight is 799 g/mol. The van der Waals surface area contributed by atoms with Crippen molar-refractivity contribution >= 4 is 65.5 Å². The van der Waals surface area contributed by atoms with Crippen LogP contribution in [-0.2, 0) is 11.8 Å². The summed E-state index contributed by atoms with van der Waals surface area (Å²) in [6.45, 7) is 4.90. The van der Waals surface area contributed by atoms with E-state index in [2.05, 4.69) is 182 Å². The molecule has 4 atom stereocenters. The number of aromatic nitrogens is 1. The third kappa shape index (κ3) is 4.30. The second-order valence-corrected chi connectivity index (χ2v) is 19.1. The summed E-state index contributed by atoms with van der Waals surface area (Å²) < 4.78 is 3.96. The van der Waals surface area contributed by atoms with Gasteiger partial charge in [0.25, 0.3) is 0 Å². The second-order valence-electron chi connectivity index (χ2n) is 18.0. The molecule has 0 saturated heterocycles. The molecule has 8 aromatic carbocycles. The van der Waals surface area contributed by atoms with Crippen LogP contribution in [0.4, 0.5) is 5.69 Å². The lowest BCUT2D eigenvalue weighted by Gasteiger charge is -2.37. The van der Waals surface area contributed by atoms with E-state index in [1.54, 1.807) is 0 Å². The molecule has 3 aliphatic carbocycles. The Morgan fingerprint density at radius 3 is 2.25 bits per heavy atom. The van der Waals surface area contributed by atoms with Crippen molar-refractivity contribution in [3.05, 3.63) is 196 Å². The number of nitrogens with zero attached hydrogens (tertiary/aromatic N) is 2. The summed E-state index contributed by atoms with van der Waals surface area (Å²) in [7, 11) is 0. The Bertz CT molecular complexity index is 3580. The number of thiophene rings is 1. The highest BCUT2D eigenvalue weighted by Gasteiger charge is 2.50. The van der Waals surface area contributed by atoms with Gasteiger partial charge in [-0.25, -0.2) is 4.99 Å². The van der Waals surface area contributed by atoms with Gasteiger partial charge in [-0.2, -0.15) is 0 Å². The van der Waals surface area contributed by atoms with E-state index in [1.165, 1.54) is 120 Å². The fourth-order valence-electron chi connectivity index (χ4n) is 12.8. The standard InChI is InChI=1S/C58H42N2S/c1-3-35-51(40-30-28-33-16-4-6-18-36(33)38-20-8-9-21-39(38)40)56-55(43-24-12-15-27-49(43)61-56)59-57(35)60-47-26-14-11-23-42(47)52-48(60)32-44-50-37-19-7-5-17-34(37)29-31-46(50)58(2)45-25-13-10-22-41(45)53(52)54(44)58/h4-27,29,31-32,35,40,51H,3,28,30H2,1-2H3. The van der Waals surface area contributed by atoms with E-state index < -0.39 is 0 Å². The Kier molecular flexibility index (Phi) is 6.88. The molecule has 0 bridgehead atoms. The van der Waals surface area contributed by atoms with Crippen molar-refractivity contribution in [1.82, 2.24) is 4.57 Å². The number of para-hydroxylation sites is 1. The smallest absolute Gasteiger partial charge is 0.118 e. The van der Waals surface area contributed by atoms with Crippen LogP contribution in [0.5, 0.6) is 0 Å². The number of fused-ring (bicyclic) bond motifs is 18. The van der Waals surface area contributed by atoms with Gasteiger partial charge >= 0.3 is 0 Å². The van der Waals surface area contributed by atoms with E-state index in [4.69, 9.17) is 4.99 Å². The summed E-state index contributed by atoms with van der Waals surface area (Å²) >= 11 is 1.99. The molecule has 4 aliphatic rings. The maximum absolute atomic E-state index is 5.99. The molecular formula is C58H42N2S. The largest absolute Gasteiger partial charge is 0.297 e. The van der Waals surface area contributed by atoms with Crippen molar-refractivity contribution in [2.75, 3.05) is 0 Å². The minimum absolute atomic E-state index is 0.186. The highest BCUT2D eigenvalue weighted by molar-refractivity contribution is 7.19. The molecule has 61 heavy (non-hydrogen) atoms. The SMILES string of the molecule is CCC1C(n2c3ccccc3c3c4c5c(cc32)-c2c(ccc3ccccc23)C5(C)c2ccccc2-4)=Nc2c(sc3ccccc23)C1C1CCc2ccccc2-c2ccccc21. The molecule has 3 heteroatoms. The fraction of sp³-hybridized carbons (Fsp3) is 0.155. The zero-order valence-corrected chi connectivity index (χ0v) is 35.1. The Labute approximate surface area is 359 Å². The van der Waals surface area contributed by atoms with Gasteiger partial charge in [0.1, 0.15) is 5.84 Å². The first-order chi connectivity index (χ1) is 30.1. The van der Waals surface area contributed by atoms with Crippen LogP contribution in [0.1, 0.15) is 71.2 Å². The summed E-state index contributed by atoms with van der Waals surface area (Å²) in [6, 6.07) is 62.3. The van der Waals surface area contributed by atoms with Gasteiger partial charge < -0.3 is 0 Å². The van der Waals surface area contributed by atoms with Gasteiger partial charge in [0, 0.05) is 43.0 Å². The molecule has 0 spiro atoms. The first kappa shape index (κ1) is 34.2. The van der Waals surface area contributed by atoms with Gasteiger partial charge in [0.15, 0.2) is 0 Å². The van der Waals surface area contributed by atoms with Crippen LogP contribution in [0, 0.1) is 5.92 Å². The maximum atomic E-state index is 5.99. The van der Waals surface area contributed by atoms with Crippen molar-refractivity contribution in [2.45, 2.75) is 50.4 Å². The molecule has 2 nitrogen and oxygen atoms in total. The number of rotatable bonds is 2. The maximum Gasteiger partial charge on any atom is 0.118 e. The molecule has 1 aliphatic heterocycles. The molecular weight excluding hydrogens is 757 g/mol. The number of hydrogen-bond acceptors (Lipinski definition) is 2. The Morgan fingerprint density at radius 2 is 1.36 bits per heavy atom. The minimum Gasteiger partial charge on any atom is -0.297 e. The van der Waals surface area contributed by atoms with Crippen molar-refractivity contribution < 1.29 is 0 Å². The predicted molar refractivity (Wildman–Crippen MR) is 257 cm³/mol. The van der Waals surface area contributed by atoms with Gasteiger partial charge in [-0.1, -0.05) is 153 Å². The molecule has 0 N–H and O–H groups in total. The first-order valence-corrected chi connectivity index (χ1v) is 23.0. The van der Waals surface area contributed by atoms with E-state index >= 15 is 0 Å². The number of aryl methyl sites for hydroxylation is 1. The van der Waals surface area contributed by atoms with Crippen LogP contribution in [0.3, 0.4) is 0 Å². The normalized spacial score (nSPS) is 20.6. The third-order valence-corrected chi connectivity index (χ3v) is 16.6. The van der Waals surface area contributed by atoms with Gasteiger partial charge in [-0.3, -0.25) is 4.57 Å². The summed E-state index contributed by atoms with van der Waals surface area (Å²) in [5, 5.41) is 6.56. The summed E-state index contributed by atoms with van der Waals surface area (Å²) in [5.74, 6) is 1.96. The summed E-state index contributed by atoms with van der Waals surface area (Å²) in [4.78, 5) is 7.45. The van der Waals surface area contributed by atoms with Gasteiger partial charge in [0.2, 0.25) is 0 Å². The lowest BCUT2D eigenvalue weighted by atomic mass is 9.71.